The Morgan fingerprint density at radius 3 is 2.85 bits per heavy atom. The summed E-state index contributed by atoms with van der Waals surface area (Å²) in [4.78, 5) is 17.7. The second-order valence-electron chi connectivity index (χ2n) is 5.88. The Hall–Kier alpha value is -2.32. The number of aromatic amines is 1. The van der Waals surface area contributed by atoms with Gasteiger partial charge < -0.3 is 9.88 Å². The number of aryl methyl sites for hydroxylation is 1. The third-order valence-electron chi connectivity index (χ3n) is 4.03. The van der Waals surface area contributed by atoms with E-state index in [1.54, 1.807) is 0 Å². The van der Waals surface area contributed by atoms with E-state index in [4.69, 9.17) is 12.2 Å². The molecular formula is C18H21N5OS2. The molecule has 0 radical (unpaired) electrons. The van der Waals surface area contributed by atoms with Crippen LogP contribution < -0.4 is 5.32 Å². The Kier molecular flexibility index (Phi) is 5.95. The Morgan fingerprint density at radius 1 is 1.35 bits per heavy atom. The number of nitrogens with zero attached hydrogens (tertiary/aromatic N) is 3. The van der Waals surface area contributed by atoms with Crippen LogP contribution in [0.5, 0.6) is 0 Å². The highest BCUT2D eigenvalue weighted by molar-refractivity contribution is 7.71. The van der Waals surface area contributed by atoms with Gasteiger partial charge in [0.25, 0.3) is 5.91 Å². The molecule has 0 fully saturated rings. The van der Waals surface area contributed by atoms with Gasteiger partial charge in [-0.25, -0.2) is 4.98 Å². The molecule has 2 N–H and O–H groups in total. The molecule has 0 atom stereocenters. The molecule has 0 unspecified atom stereocenters. The van der Waals surface area contributed by atoms with E-state index in [0.29, 0.717) is 22.6 Å². The number of thiazole rings is 1. The Morgan fingerprint density at radius 2 is 2.12 bits per heavy atom. The topological polar surface area (TPSA) is 75.6 Å². The zero-order valence-corrected chi connectivity index (χ0v) is 16.4. The van der Waals surface area contributed by atoms with Crippen molar-refractivity contribution < 1.29 is 4.79 Å². The van der Waals surface area contributed by atoms with Crippen LogP contribution in [-0.4, -0.2) is 32.2 Å². The van der Waals surface area contributed by atoms with Crippen LogP contribution in [0, 0.1) is 11.7 Å². The molecule has 2 heterocycles. The van der Waals surface area contributed by atoms with Crippen molar-refractivity contribution in [1.29, 1.82) is 0 Å². The molecule has 0 aliphatic rings. The van der Waals surface area contributed by atoms with Crippen LogP contribution >= 0.6 is 23.6 Å². The minimum atomic E-state index is -0.0866. The summed E-state index contributed by atoms with van der Waals surface area (Å²) in [7, 11) is 0. The second kappa shape index (κ2) is 8.37. The lowest BCUT2D eigenvalue weighted by Crippen LogP contribution is -2.26. The minimum absolute atomic E-state index is 0.0866. The first kappa shape index (κ1) is 18.5. The van der Waals surface area contributed by atoms with Crippen molar-refractivity contribution in [2.24, 2.45) is 0 Å². The van der Waals surface area contributed by atoms with Gasteiger partial charge in [-0.05, 0) is 31.6 Å². The fourth-order valence-corrected chi connectivity index (χ4v) is 4.04. The van der Waals surface area contributed by atoms with E-state index >= 15 is 0 Å². The molecular weight excluding hydrogens is 366 g/mol. The lowest BCUT2D eigenvalue weighted by molar-refractivity contribution is 0.0957. The van der Waals surface area contributed by atoms with Crippen molar-refractivity contribution in [3.05, 3.63) is 62.1 Å². The normalized spacial score (nSPS) is 10.8. The van der Waals surface area contributed by atoms with Crippen LogP contribution in [0.4, 0.5) is 0 Å². The van der Waals surface area contributed by atoms with Gasteiger partial charge in [0.05, 0.1) is 10.7 Å². The zero-order chi connectivity index (χ0) is 18.5. The van der Waals surface area contributed by atoms with Crippen molar-refractivity contribution in [2.75, 3.05) is 6.54 Å². The van der Waals surface area contributed by atoms with Gasteiger partial charge in [-0.3, -0.25) is 9.89 Å². The summed E-state index contributed by atoms with van der Waals surface area (Å²) in [5.74, 6) is 0.764. The highest BCUT2D eigenvalue weighted by Gasteiger charge is 2.15. The third kappa shape index (κ3) is 4.25. The van der Waals surface area contributed by atoms with Crippen LogP contribution in [0.25, 0.3) is 0 Å². The molecule has 0 saturated heterocycles. The maximum atomic E-state index is 12.5. The molecule has 0 saturated carbocycles. The molecule has 1 aromatic carbocycles. The van der Waals surface area contributed by atoms with Crippen LogP contribution in [-0.2, 0) is 19.4 Å². The number of amides is 1. The standard InChI is InChI=1S/C18H21N5OS2/c1-3-23-14(21-22-18(23)25)9-10-19-17(24)16-12(2)20-15(26-16)11-13-7-5-4-6-8-13/h4-8H,3,9-11H2,1-2H3,(H,19,24)(H,22,25). The monoisotopic (exact) mass is 387 g/mol. The van der Waals surface area contributed by atoms with E-state index in [1.165, 1.54) is 16.9 Å². The predicted molar refractivity (Wildman–Crippen MR) is 105 cm³/mol. The summed E-state index contributed by atoms with van der Waals surface area (Å²) in [5.41, 5.74) is 1.96. The lowest BCUT2D eigenvalue weighted by Gasteiger charge is -2.05. The molecule has 0 spiro atoms. The van der Waals surface area contributed by atoms with Crippen molar-refractivity contribution >= 4 is 29.5 Å². The number of benzene rings is 1. The summed E-state index contributed by atoms with van der Waals surface area (Å²) < 4.78 is 2.54. The van der Waals surface area contributed by atoms with Gasteiger partial charge in [-0.2, -0.15) is 5.10 Å². The SMILES string of the molecule is CCn1c(CCNC(=O)c2sc(Cc3ccccc3)nc2C)n[nH]c1=S. The van der Waals surface area contributed by atoms with Crippen molar-refractivity contribution in [3.63, 3.8) is 0 Å². The average Bonchev–Trinajstić information content (AvgIpc) is 3.18. The molecule has 3 rings (SSSR count). The molecule has 0 aliphatic heterocycles. The maximum absolute atomic E-state index is 12.5. The maximum Gasteiger partial charge on any atom is 0.263 e. The molecule has 1 amide bonds. The first-order chi connectivity index (χ1) is 12.6. The van der Waals surface area contributed by atoms with Gasteiger partial charge >= 0.3 is 0 Å². The quantitative estimate of drug-likeness (QED) is 0.610. The molecule has 136 valence electrons. The number of carbonyl (C=O) groups is 1. The lowest BCUT2D eigenvalue weighted by atomic mass is 10.2. The highest BCUT2D eigenvalue weighted by atomic mass is 32.1. The van der Waals surface area contributed by atoms with Crippen LogP contribution in [0.1, 0.15) is 38.7 Å². The third-order valence-corrected chi connectivity index (χ3v) is 5.50. The van der Waals surface area contributed by atoms with Gasteiger partial charge in [0.1, 0.15) is 10.7 Å². The molecule has 0 bridgehead atoms. The smallest absolute Gasteiger partial charge is 0.263 e. The zero-order valence-electron chi connectivity index (χ0n) is 14.8. The predicted octanol–water partition coefficient (Wildman–Crippen LogP) is 3.29. The van der Waals surface area contributed by atoms with Gasteiger partial charge in [-0.1, -0.05) is 30.3 Å². The highest BCUT2D eigenvalue weighted by Crippen LogP contribution is 2.20. The fraction of sp³-hybridized carbons (Fsp3) is 0.333. The van der Waals surface area contributed by atoms with E-state index in [1.807, 2.05) is 36.6 Å². The van der Waals surface area contributed by atoms with Gasteiger partial charge in [-0.15, -0.1) is 11.3 Å². The Labute approximate surface area is 161 Å². The number of hydrogen-bond acceptors (Lipinski definition) is 5. The van der Waals surface area contributed by atoms with Gasteiger partial charge in [0, 0.05) is 25.9 Å². The van der Waals surface area contributed by atoms with Crippen molar-refractivity contribution in [1.82, 2.24) is 25.1 Å². The summed E-state index contributed by atoms with van der Waals surface area (Å²) >= 11 is 6.63. The number of H-pyrrole nitrogens is 1. The summed E-state index contributed by atoms with van der Waals surface area (Å²) in [6.45, 7) is 5.16. The van der Waals surface area contributed by atoms with Crippen LogP contribution in [0.3, 0.4) is 0 Å². The Balaban J connectivity index is 1.60. The first-order valence-corrected chi connectivity index (χ1v) is 9.73. The second-order valence-corrected chi connectivity index (χ2v) is 7.35. The number of aromatic nitrogens is 4. The van der Waals surface area contributed by atoms with E-state index in [0.717, 1.165) is 29.5 Å². The molecule has 8 heteroatoms. The number of carbonyl (C=O) groups excluding carboxylic acids is 1. The van der Waals surface area contributed by atoms with Crippen LogP contribution in [0.2, 0.25) is 0 Å². The first-order valence-electron chi connectivity index (χ1n) is 8.51. The number of rotatable bonds is 7. The average molecular weight is 388 g/mol. The summed E-state index contributed by atoms with van der Waals surface area (Å²) in [6, 6.07) is 10.1. The fourth-order valence-electron chi connectivity index (χ4n) is 2.74. The largest absolute Gasteiger partial charge is 0.351 e. The van der Waals surface area contributed by atoms with Gasteiger partial charge in [0.15, 0.2) is 4.77 Å². The molecule has 0 aliphatic carbocycles. The molecule has 3 aromatic rings. The number of nitrogens with one attached hydrogen (secondary N) is 2. The summed E-state index contributed by atoms with van der Waals surface area (Å²) in [6.07, 6.45) is 1.37. The number of hydrogen-bond donors (Lipinski definition) is 2. The molecule has 26 heavy (non-hydrogen) atoms. The van der Waals surface area contributed by atoms with Crippen LogP contribution in [0.15, 0.2) is 30.3 Å². The van der Waals surface area contributed by atoms with E-state index < -0.39 is 0 Å². The minimum Gasteiger partial charge on any atom is -0.351 e. The van der Waals surface area contributed by atoms with Gasteiger partial charge in [0.2, 0.25) is 0 Å². The van der Waals surface area contributed by atoms with E-state index in [2.05, 4.69) is 32.6 Å². The Bertz CT molecular complexity index is 942. The molecule has 2 aromatic heterocycles. The van der Waals surface area contributed by atoms with E-state index in [9.17, 15) is 4.79 Å². The van der Waals surface area contributed by atoms with Crippen molar-refractivity contribution in [2.45, 2.75) is 33.2 Å². The van der Waals surface area contributed by atoms with E-state index in [-0.39, 0.29) is 5.91 Å². The molecule has 6 nitrogen and oxygen atoms in total. The summed E-state index contributed by atoms with van der Waals surface area (Å²) in [5, 5.41) is 10.9. The van der Waals surface area contributed by atoms with Crippen molar-refractivity contribution in [3.8, 4) is 0 Å².